The lowest BCUT2D eigenvalue weighted by atomic mass is 9.91. The summed E-state index contributed by atoms with van der Waals surface area (Å²) in [6.07, 6.45) is 0.561. The number of anilines is 1. The van der Waals surface area contributed by atoms with Crippen molar-refractivity contribution in [2.45, 2.75) is 52.8 Å². The Hall–Kier alpha value is -1.64. The minimum absolute atomic E-state index is 0.0997. The summed E-state index contributed by atoms with van der Waals surface area (Å²) in [5.41, 5.74) is 6.81. The van der Waals surface area contributed by atoms with Crippen molar-refractivity contribution in [3.63, 3.8) is 0 Å². The molecular weight excluding hydrogens is 523 g/mol. The monoisotopic (exact) mass is 558 g/mol. The Morgan fingerprint density at radius 3 is 2.25 bits per heavy atom. The van der Waals surface area contributed by atoms with E-state index in [1.54, 1.807) is 22.4 Å². The van der Waals surface area contributed by atoms with E-state index >= 15 is 0 Å². The molecule has 1 saturated heterocycles. The first kappa shape index (κ1) is 30.4. The van der Waals surface area contributed by atoms with Crippen molar-refractivity contribution in [1.29, 1.82) is 0 Å². The molecule has 2 rings (SSSR count). The minimum atomic E-state index is -4.44. The van der Waals surface area contributed by atoms with Crippen molar-refractivity contribution in [3.8, 4) is 0 Å². The fourth-order valence-electron chi connectivity index (χ4n) is 3.36. The first-order valence-corrected chi connectivity index (χ1v) is 12.0. The van der Waals surface area contributed by atoms with E-state index in [-0.39, 0.29) is 12.0 Å². The number of halogens is 4. The van der Waals surface area contributed by atoms with Crippen LogP contribution in [0, 0.1) is 5.92 Å². The number of allylic oxidation sites excluding steroid dienone is 5. The average Bonchev–Trinajstić information content (AvgIpc) is 2.79. The summed E-state index contributed by atoms with van der Waals surface area (Å²) in [5, 5.41) is 3.41. The van der Waals surface area contributed by atoms with E-state index in [9.17, 15) is 13.2 Å². The number of hydrogen-bond acceptors (Lipinski definition) is 2. The van der Waals surface area contributed by atoms with Crippen LogP contribution in [0.5, 0.6) is 0 Å². The van der Waals surface area contributed by atoms with Gasteiger partial charge >= 0.3 is 6.18 Å². The standard InChI is InChI=1S/C23H29F3N2.C2H6.BI/c1-16(2)20(15-18(4)23(24,25)26)17(3)14-21-22(12-9-13-27-21)28(5)19-10-7-6-8-11-19;2*1-2/h6-8,10-11,14-16,22,27H,3-4,9,12-13H2,1-2,5H3;1-2H3;/b20-15+,21-14-;;. The van der Waals surface area contributed by atoms with Gasteiger partial charge in [-0.1, -0.05) is 59.1 Å². The molecule has 2 nitrogen and oxygen atoms in total. The van der Waals surface area contributed by atoms with Crippen LogP contribution >= 0.6 is 22.4 Å². The maximum atomic E-state index is 12.9. The molecule has 0 aliphatic carbocycles. The van der Waals surface area contributed by atoms with E-state index < -0.39 is 11.7 Å². The van der Waals surface area contributed by atoms with Crippen LogP contribution in [-0.4, -0.2) is 31.5 Å². The smallest absolute Gasteiger partial charge is 0.387 e. The Kier molecular flexibility index (Phi) is 14.5. The zero-order valence-electron chi connectivity index (χ0n) is 19.8. The van der Waals surface area contributed by atoms with Gasteiger partial charge in [0.15, 0.2) is 5.70 Å². The molecule has 1 fully saturated rings. The third-order valence-corrected chi connectivity index (χ3v) is 4.99. The summed E-state index contributed by atoms with van der Waals surface area (Å²) < 4.78 is 38.8. The van der Waals surface area contributed by atoms with Gasteiger partial charge in [-0.25, -0.2) is 0 Å². The van der Waals surface area contributed by atoms with Crippen LogP contribution in [0.2, 0.25) is 0 Å². The first-order chi connectivity index (χ1) is 15.1. The second-order valence-electron chi connectivity index (χ2n) is 7.43. The van der Waals surface area contributed by atoms with Gasteiger partial charge in [0, 0.05) is 30.5 Å². The fraction of sp³-hybridized carbons (Fsp3) is 0.440. The highest BCUT2D eigenvalue weighted by Crippen LogP contribution is 2.31. The molecule has 1 atom stereocenters. The molecule has 1 heterocycles. The highest BCUT2D eigenvalue weighted by atomic mass is 127. The molecule has 0 aromatic heterocycles. The second-order valence-corrected chi connectivity index (χ2v) is 7.43. The normalized spacial score (nSPS) is 17.4. The van der Waals surface area contributed by atoms with Gasteiger partial charge < -0.3 is 10.2 Å². The molecular formula is C25H35BF3IN2. The largest absolute Gasteiger partial charge is 0.415 e. The number of hydrogen-bond donors (Lipinski definition) is 1. The van der Waals surface area contributed by atoms with Crippen LogP contribution in [-0.2, 0) is 0 Å². The van der Waals surface area contributed by atoms with Gasteiger partial charge in [0.2, 0.25) is 0 Å². The number of piperidine rings is 1. The number of nitrogens with zero attached hydrogens (tertiary/aromatic N) is 1. The summed E-state index contributed by atoms with van der Waals surface area (Å²) >= 11 is 1.65. The third kappa shape index (κ3) is 9.47. The van der Waals surface area contributed by atoms with E-state index in [4.69, 9.17) is 0 Å². The van der Waals surface area contributed by atoms with E-state index in [1.165, 1.54) is 0 Å². The fourth-order valence-corrected chi connectivity index (χ4v) is 3.36. The molecule has 0 bridgehead atoms. The summed E-state index contributed by atoms with van der Waals surface area (Å²) in [6.45, 7) is 15.8. The van der Waals surface area contributed by atoms with Crippen LogP contribution in [0.1, 0.15) is 40.5 Å². The predicted molar refractivity (Wildman–Crippen MR) is 142 cm³/mol. The summed E-state index contributed by atoms with van der Waals surface area (Å²) in [7, 11) is 2.04. The van der Waals surface area contributed by atoms with Gasteiger partial charge in [-0.2, -0.15) is 35.5 Å². The molecule has 1 unspecified atom stereocenters. The maximum absolute atomic E-state index is 12.9. The van der Waals surface area contributed by atoms with Crippen molar-refractivity contribution in [2.24, 2.45) is 5.92 Å². The maximum Gasteiger partial charge on any atom is 0.415 e. The topological polar surface area (TPSA) is 15.3 Å². The Morgan fingerprint density at radius 2 is 1.75 bits per heavy atom. The number of rotatable bonds is 6. The molecule has 2 radical (unpaired) electrons. The van der Waals surface area contributed by atoms with Crippen molar-refractivity contribution in [1.82, 2.24) is 5.32 Å². The molecule has 1 aromatic carbocycles. The summed E-state index contributed by atoms with van der Waals surface area (Å²) in [4.78, 5) is 2.19. The van der Waals surface area contributed by atoms with E-state index in [0.717, 1.165) is 36.8 Å². The lowest BCUT2D eigenvalue weighted by Gasteiger charge is -2.36. The Morgan fingerprint density at radius 1 is 1.19 bits per heavy atom. The minimum Gasteiger partial charge on any atom is -0.387 e. The Bertz CT molecular complexity index is 771. The summed E-state index contributed by atoms with van der Waals surface area (Å²) in [6, 6.07) is 10.2. The second kappa shape index (κ2) is 15.2. The van der Waals surface area contributed by atoms with Crippen molar-refractivity contribution >= 4 is 33.8 Å². The summed E-state index contributed by atoms with van der Waals surface area (Å²) in [5.74, 6) is -0.0997. The predicted octanol–water partition coefficient (Wildman–Crippen LogP) is 7.55. The van der Waals surface area contributed by atoms with Gasteiger partial charge in [0.25, 0.3) is 0 Å². The van der Waals surface area contributed by atoms with Crippen LogP contribution in [0.25, 0.3) is 0 Å². The lowest BCUT2D eigenvalue weighted by molar-refractivity contribution is -0.0878. The Balaban J connectivity index is 0.00000227. The van der Waals surface area contributed by atoms with Gasteiger partial charge in [0.05, 0.1) is 6.04 Å². The van der Waals surface area contributed by atoms with Crippen LogP contribution < -0.4 is 10.2 Å². The van der Waals surface area contributed by atoms with E-state index in [0.29, 0.717) is 11.1 Å². The molecule has 0 spiro atoms. The molecule has 1 aliphatic rings. The van der Waals surface area contributed by atoms with Crippen molar-refractivity contribution in [3.05, 3.63) is 78.1 Å². The Labute approximate surface area is 207 Å². The third-order valence-electron chi connectivity index (χ3n) is 4.99. The van der Waals surface area contributed by atoms with Gasteiger partial charge in [-0.3, -0.25) is 0 Å². The van der Waals surface area contributed by atoms with E-state index in [2.05, 4.69) is 29.1 Å². The number of nitrogens with one attached hydrogen (secondary N) is 1. The number of benzene rings is 1. The SMILES string of the molecule is C=C(/C=C1\NCCCC1N(C)c1ccccc1)/C(=C/C(=C)C(F)(F)F)C(C)C.CC.[B]I. The zero-order valence-corrected chi connectivity index (χ0v) is 21.9. The van der Waals surface area contributed by atoms with Gasteiger partial charge in [-0.05, 0) is 54.2 Å². The molecule has 176 valence electrons. The quantitative estimate of drug-likeness (QED) is 0.221. The van der Waals surface area contributed by atoms with Gasteiger partial charge in [0.1, 0.15) is 0 Å². The van der Waals surface area contributed by atoms with Crippen molar-refractivity contribution < 1.29 is 13.2 Å². The molecule has 0 saturated carbocycles. The van der Waals surface area contributed by atoms with Crippen molar-refractivity contribution in [2.75, 3.05) is 18.5 Å². The molecule has 7 heteroatoms. The molecule has 0 amide bonds. The number of para-hydroxylation sites is 1. The van der Waals surface area contributed by atoms with E-state index in [1.807, 2.05) is 71.2 Å². The molecule has 1 aliphatic heterocycles. The zero-order chi connectivity index (χ0) is 24.9. The highest BCUT2D eigenvalue weighted by molar-refractivity contribution is 14.1. The van der Waals surface area contributed by atoms with Crippen LogP contribution in [0.4, 0.5) is 18.9 Å². The van der Waals surface area contributed by atoms with Crippen LogP contribution in [0.15, 0.2) is 78.1 Å². The molecule has 32 heavy (non-hydrogen) atoms. The van der Waals surface area contributed by atoms with Crippen LogP contribution in [0.3, 0.4) is 0 Å². The molecule has 1 N–H and O–H groups in total. The molecule has 1 aromatic rings. The first-order valence-electron chi connectivity index (χ1n) is 10.7. The average molecular weight is 558 g/mol. The number of likely N-dealkylation sites (N-methyl/N-ethyl adjacent to an activating group) is 1. The number of alkyl halides is 3. The lowest BCUT2D eigenvalue weighted by Crippen LogP contribution is -2.42. The van der Waals surface area contributed by atoms with Gasteiger partial charge in [-0.15, -0.1) is 0 Å². The highest BCUT2D eigenvalue weighted by Gasteiger charge is 2.31.